The van der Waals surface area contributed by atoms with Crippen LogP contribution in [0.3, 0.4) is 0 Å². The summed E-state index contributed by atoms with van der Waals surface area (Å²) in [4.78, 5) is 46.8. The molecule has 1 N–H and O–H groups in total. The fourth-order valence-electron chi connectivity index (χ4n) is 2.75. The van der Waals surface area contributed by atoms with E-state index in [1.165, 1.54) is 25.1 Å². The first-order valence-corrected chi connectivity index (χ1v) is 8.94. The molecular weight excluding hydrogens is 376 g/mol. The molecule has 0 aromatic heterocycles. The summed E-state index contributed by atoms with van der Waals surface area (Å²) < 4.78 is 5.13. The second kappa shape index (κ2) is 9.09. The van der Waals surface area contributed by atoms with E-state index in [-0.39, 0.29) is 17.0 Å². The van der Waals surface area contributed by atoms with Crippen LogP contribution in [0.15, 0.2) is 36.4 Å². The number of benzene rings is 2. The zero-order valence-corrected chi connectivity index (χ0v) is 16.6. The van der Waals surface area contributed by atoms with Gasteiger partial charge in [-0.05, 0) is 56.5 Å². The zero-order chi connectivity index (χ0) is 21.7. The first-order chi connectivity index (χ1) is 13.6. The fourth-order valence-corrected chi connectivity index (χ4v) is 2.75. The molecule has 0 saturated carbocycles. The number of hydrogen-bond acceptors (Lipinski definition) is 6. The van der Waals surface area contributed by atoms with Crippen molar-refractivity contribution in [3.8, 4) is 0 Å². The Morgan fingerprint density at radius 1 is 1.07 bits per heavy atom. The number of Topliss-reactive ketones (excluding diaryl/α,β-unsaturated/α-hetero) is 1. The van der Waals surface area contributed by atoms with Crippen LogP contribution in [-0.4, -0.2) is 35.2 Å². The Morgan fingerprint density at radius 3 is 2.38 bits per heavy atom. The van der Waals surface area contributed by atoms with E-state index in [1.807, 2.05) is 26.8 Å². The van der Waals surface area contributed by atoms with Gasteiger partial charge in [0.2, 0.25) is 5.78 Å². The van der Waals surface area contributed by atoms with Crippen LogP contribution in [-0.2, 0) is 9.53 Å². The quantitative estimate of drug-likeness (QED) is 0.332. The summed E-state index contributed by atoms with van der Waals surface area (Å²) in [6.45, 7) is 6.66. The SMILES string of the molecule is Cc1cc(C)c(C(=O)[C@H](C)OC(=O)CNC(=O)c2cccc([N+](=O)[O-])c2)cc1C. The monoisotopic (exact) mass is 398 g/mol. The lowest BCUT2D eigenvalue weighted by Gasteiger charge is -2.15. The van der Waals surface area contributed by atoms with Crippen molar-refractivity contribution in [1.82, 2.24) is 5.32 Å². The van der Waals surface area contributed by atoms with Crippen molar-refractivity contribution in [2.45, 2.75) is 33.8 Å². The van der Waals surface area contributed by atoms with Crippen LogP contribution in [0.25, 0.3) is 0 Å². The third-order valence-corrected chi connectivity index (χ3v) is 4.50. The van der Waals surface area contributed by atoms with Gasteiger partial charge in [-0.3, -0.25) is 24.5 Å². The van der Waals surface area contributed by atoms with Crippen molar-refractivity contribution in [3.63, 3.8) is 0 Å². The average molecular weight is 398 g/mol. The molecule has 1 amide bonds. The van der Waals surface area contributed by atoms with Crippen molar-refractivity contribution in [1.29, 1.82) is 0 Å². The molecule has 2 aromatic rings. The first kappa shape index (κ1) is 21.7. The van der Waals surface area contributed by atoms with E-state index in [1.54, 1.807) is 6.07 Å². The molecule has 8 heteroatoms. The van der Waals surface area contributed by atoms with Gasteiger partial charge in [-0.15, -0.1) is 0 Å². The fraction of sp³-hybridized carbons (Fsp3) is 0.286. The Hall–Kier alpha value is -3.55. The molecule has 0 heterocycles. The Bertz CT molecular complexity index is 983. The van der Waals surface area contributed by atoms with Crippen molar-refractivity contribution >= 4 is 23.3 Å². The van der Waals surface area contributed by atoms with Gasteiger partial charge in [-0.2, -0.15) is 0 Å². The molecule has 29 heavy (non-hydrogen) atoms. The second-order valence-corrected chi connectivity index (χ2v) is 6.74. The van der Waals surface area contributed by atoms with Crippen LogP contribution in [0.2, 0.25) is 0 Å². The highest BCUT2D eigenvalue weighted by Gasteiger charge is 2.22. The third-order valence-electron chi connectivity index (χ3n) is 4.50. The summed E-state index contributed by atoms with van der Waals surface area (Å²) in [5.41, 5.74) is 3.10. The number of nitro benzene ring substituents is 1. The number of hydrogen-bond donors (Lipinski definition) is 1. The second-order valence-electron chi connectivity index (χ2n) is 6.74. The molecule has 152 valence electrons. The van der Waals surface area contributed by atoms with E-state index in [0.29, 0.717) is 5.56 Å². The van der Waals surface area contributed by atoms with Crippen LogP contribution in [0, 0.1) is 30.9 Å². The van der Waals surface area contributed by atoms with Crippen LogP contribution in [0.1, 0.15) is 44.3 Å². The molecule has 2 aromatic carbocycles. The number of nitrogens with one attached hydrogen (secondary N) is 1. The number of rotatable bonds is 7. The smallest absolute Gasteiger partial charge is 0.326 e. The summed E-state index contributed by atoms with van der Waals surface area (Å²) >= 11 is 0. The van der Waals surface area contributed by atoms with Crippen molar-refractivity contribution in [2.24, 2.45) is 0 Å². The van der Waals surface area contributed by atoms with Gasteiger partial charge in [0.15, 0.2) is 6.10 Å². The molecule has 0 radical (unpaired) electrons. The number of carbonyl (C=O) groups is 3. The first-order valence-electron chi connectivity index (χ1n) is 8.94. The highest BCUT2D eigenvalue weighted by molar-refractivity contribution is 6.02. The summed E-state index contributed by atoms with van der Waals surface area (Å²) in [6, 6.07) is 8.79. The molecule has 2 rings (SSSR count). The average Bonchev–Trinajstić information content (AvgIpc) is 2.68. The number of amides is 1. The topological polar surface area (TPSA) is 116 Å². The Balaban J connectivity index is 1.96. The van der Waals surface area contributed by atoms with Crippen molar-refractivity contribution in [2.75, 3.05) is 6.54 Å². The number of esters is 1. The normalized spacial score (nSPS) is 11.4. The molecule has 0 spiro atoms. The van der Waals surface area contributed by atoms with E-state index in [2.05, 4.69) is 5.32 Å². The molecule has 0 aliphatic heterocycles. The predicted molar refractivity (Wildman–Crippen MR) is 106 cm³/mol. The molecule has 0 unspecified atom stereocenters. The van der Waals surface area contributed by atoms with Gasteiger partial charge >= 0.3 is 5.97 Å². The minimum atomic E-state index is -1.02. The summed E-state index contributed by atoms with van der Waals surface area (Å²) in [6.07, 6.45) is -1.02. The maximum absolute atomic E-state index is 12.6. The van der Waals surface area contributed by atoms with E-state index in [0.717, 1.165) is 22.8 Å². The van der Waals surface area contributed by atoms with Gasteiger partial charge in [0.25, 0.3) is 11.6 Å². The molecule has 0 bridgehead atoms. The van der Waals surface area contributed by atoms with E-state index in [4.69, 9.17) is 4.74 Å². The Kier molecular flexibility index (Phi) is 6.82. The van der Waals surface area contributed by atoms with Gasteiger partial charge in [0.1, 0.15) is 6.54 Å². The van der Waals surface area contributed by atoms with E-state index < -0.39 is 29.4 Å². The number of ether oxygens (including phenoxy) is 1. The van der Waals surface area contributed by atoms with Crippen molar-refractivity contribution in [3.05, 3.63) is 74.3 Å². The molecule has 0 fully saturated rings. The van der Waals surface area contributed by atoms with Gasteiger partial charge in [-0.25, -0.2) is 0 Å². The Labute approximate surface area is 168 Å². The number of non-ortho nitro benzene ring substituents is 1. The van der Waals surface area contributed by atoms with Crippen LogP contribution < -0.4 is 5.32 Å². The maximum Gasteiger partial charge on any atom is 0.326 e. The molecule has 0 saturated heterocycles. The molecule has 8 nitrogen and oxygen atoms in total. The van der Waals surface area contributed by atoms with E-state index >= 15 is 0 Å². The minimum absolute atomic E-state index is 0.0434. The largest absolute Gasteiger partial charge is 0.453 e. The Morgan fingerprint density at radius 2 is 1.72 bits per heavy atom. The summed E-state index contributed by atoms with van der Waals surface area (Å²) in [7, 11) is 0. The lowest BCUT2D eigenvalue weighted by Crippen LogP contribution is -2.34. The standard InChI is InChI=1S/C21H22N2O6/c1-12-8-14(3)18(9-13(12)2)20(25)15(4)29-19(24)11-22-21(26)16-6-5-7-17(10-16)23(27)28/h5-10,15H,11H2,1-4H3,(H,22,26)/t15-/m0/s1. The maximum atomic E-state index is 12.6. The number of aryl methyl sites for hydroxylation is 3. The minimum Gasteiger partial charge on any atom is -0.453 e. The molecule has 1 atom stereocenters. The highest BCUT2D eigenvalue weighted by atomic mass is 16.6. The molecular formula is C21H22N2O6. The van der Waals surface area contributed by atoms with Gasteiger partial charge in [0, 0.05) is 23.3 Å². The molecule has 0 aliphatic rings. The lowest BCUT2D eigenvalue weighted by molar-refractivity contribution is -0.384. The predicted octanol–water partition coefficient (Wildman–Crippen LogP) is 3.06. The van der Waals surface area contributed by atoms with Crippen molar-refractivity contribution < 1.29 is 24.0 Å². The van der Waals surface area contributed by atoms with Gasteiger partial charge in [0.05, 0.1) is 4.92 Å². The molecule has 0 aliphatic carbocycles. The zero-order valence-electron chi connectivity index (χ0n) is 16.6. The highest BCUT2D eigenvalue weighted by Crippen LogP contribution is 2.18. The number of carbonyl (C=O) groups excluding carboxylic acids is 3. The summed E-state index contributed by atoms with van der Waals surface area (Å²) in [5, 5.41) is 13.1. The van der Waals surface area contributed by atoms with Gasteiger partial charge in [-0.1, -0.05) is 12.1 Å². The number of nitrogens with zero attached hydrogens (tertiary/aromatic N) is 1. The van der Waals surface area contributed by atoms with E-state index in [9.17, 15) is 24.5 Å². The summed E-state index contributed by atoms with van der Waals surface area (Å²) in [5.74, 6) is -1.77. The lowest BCUT2D eigenvalue weighted by atomic mass is 9.96. The van der Waals surface area contributed by atoms with Gasteiger partial charge < -0.3 is 10.1 Å². The van der Waals surface area contributed by atoms with Crippen LogP contribution in [0.4, 0.5) is 5.69 Å². The van der Waals surface area contributed by atoms with Crippen LogP contribution in [0.5, 0.6) is 0 Å². The number of nitro groups is 1. The van der Waals surface area contributed by atoms with Crippen LogP contribution >= 0.6 is 0 Å². The third kappa shape index (κ3) is 5.47. The number of ketones is 1.